The van der Waals surface area contributed by atoms with Gasteiger partial charge in [-0.1, -0.05) is 6.07 Å². The van der Waals surface area contributed by atoms with E-state index in [0.717, 1.165) is 18.2 Å². The second-order valence-electron chi connectivity index (χ2n) is 4.23. The number of carbonyl (C=O) groups is 2. The first kappa shape index (κ1) is 15.6. The molecule has 0 aliphatic heterocycles. The molecule has 20 heavy (non-hydrogen) atoms. The molecule has 0 fully saturated rings. The first-order valence-corrected chi connectivity index (χ1v) is 5.74. The van der Waals surface area contributed by atoms with E-state index in [1.165, 1.54) is 6.92 Å². The average Bonchev–Trinajstić information content (AvgIpc) is 2.40. The molecule has 7 heteroatoms. The van der Waals surface area contributed by atoms with Crippen LogP contribution in [-0.4, -0.2) is 23.0 Å². The highest BCUT2D eigenvalue weighted by molar-refractivity contribution is 5.96. The van der Waals surface area contributed by atoms with Gasteiger partial charge >= 0.3 is 5.97 Å². The van der Waals surface area contributed by atoms with Gasteiger partial charge in [0.2, 0.25) is 0 Å². The quantitative estimate of drug-likeness (QED) is 0.860. The summed E-state index contributed by atoms with van der Waals surface area (Å²) in [6, 6.07) is 3.52. The van der Waals surface area contributed by atoms with Crippen molar-refractivity contribution < 1.29 is 23.5 Å². The normalized spacial score (nSPS) is 13.1. The van der Waals surface area contributed by atoms with Gasteiger partial charge in [0.25, 0.3) is 5.91 Å². The molecule has 1 rings (SSSR count). The fourth-order valence-electron chi connectivity index (χ4n) is 1.54. The number of nitriles is 1. The number of carbonyl (C=O) groups excluding carboxylic acids is 1. The third-order valence-corrected chi connectivity index (χ3v) is 2.61. The van der Waals surface area contributed by atoms with E-state index in [1.54, 1.807) is 0 Å². The van der Waals surface area contributed by atoms with E-state index in [0.29, 0.717) is 0 Å². The van der Waals surface area contributed by atoms with E-state index in [9.17, 15) is 18.4 Å². The van der Waals surface area contributed by atoms with Crippen LogP contribution in [0.1, 0.15) is 23.7 Å². The molecule has 1 aromatic carbocycles. The van der Waals surface area contributed by atoms with E-state index in [4.69, 9.17) is 10.4 Å². The van der Waals surface area contributed by atoms with Crippen molar-refractivity contribution in [2.45, 2.75) is 19.4 Å². The molecule has 2 N–H and O–H groups in total. The number of rotatable bonds is 5. The van der Waals surface area contributed by atoms with Crippen molar-refractivity contribution >= 4 is 11.9 Å². The monoisotopic (exact) mass is 282 g/mol. The predicted molar refractivity (Wildman–Crippen MR) is 64.6 cm³/mol. The lowest BCUT2D eigenvalue weighted by atomic mass is 10.0. The van der Waals surface area contributed by atoms with Gasteiger partial charge in [0.05, 0.1) is 11.6 Å². The van der Waals surface area contributed by atoms with Gasteiger partial charge in [-0.05, 0) is 25.5 Å². The number of amides is 1. The summed E-state index contributed by atoms with van der Waals surface area (Å²) in [7, 11) is 0. The molecule has 0 saturated carbocycles. The third-order valence-electron chi connectivity index (χ3n) is 2.61. The second kappa shape index (κ2) is 6.61. The van der Waals surface area contributed by atoms with Crippen molar-refractivity contribution in [1.82, 2.24) is 5.32 Å². The van der Waals surface area contributed by atoms with Crippen LogP contribution in [0.25, 0.3) is 0 Å². The Morgan fingerprint density at radius 1 is 1.45 bits per heavy atom. The van der Waals surface area contributed by atoms with Crippen LogP contribution in [0.3, 0.4) is 0 Å². The minimum Gasteiger partial charge on any atom is -0.480 e. The highest BCUT2D eigenvalue weighted by Gasteiger charge is 2.24. The van der Waals surface area contributed by atoms with Crippen LogP contribution in [0.4, 0.5) is 8.78 Å². The van der Waals surface area contributed by atoms with Crippen LogP contribution >= 0.6 is 0 Å². The van der Waals surface area contributed by atoms with Gasteiger partial charge in [0, 0.05) is 5.92 Å². The maximum Gasteiger partial charge on any atom is 0.326 e. The van der Waals surface area contributed by atoms with E-state index in [1.807, 2.05) is 6.07 Å². The molecule has 5 nitrogen and oxygen atoms in total. The summed E-state index contributed by atoms with van der Waals surface area (Å²) in [6.45, 7) is 1.49. The van der Waals surface area contributed by atoms with E-state index >= 15 is 0 Å². The molecule has 0 unspecified atom stereocenters. The van der Waals surface area contributed by atoms with Gasteiger partial charge < -0.3 is 10.4 Å². The molecule has 0 aliphatic carbocycles. The van der Waals surface area contributed by atoms with Crippen molar-refractivity contribution in [3.8, 4) is 6.07 Å². The fourth-order valence-corrected chi connectivity index (χ4v) is 1.54. The van der Waals surface area contributed by atoms with Crippen molar-refractivity contribution in [2.24, 2.45) is 5.92 Å². The minimum absolute atomic E-state index is 0.130. The Bertz CT molecular complexity index is 569. The van der Waals surface area contributed by atoms with Crippen LogP contribution < -0.4 is 5.32 Å². The van der Waals surface area contributed by atoms with Gasteiger partial charge in [-0.2, -0.15) is 5.26 Å². The highest BCUT2D eigenvalue weighted by atomic mass is 19.2. The number of nitrogens with zero attached hydrogens (tertiary/aromatic N) is 1. The maximum absolute atomic E-state index is 13.4. The molecular weight excluding hydrogens is 270 g/mol. The average molecular weight is 282 g/mol. The summed E-state index contributed by atoms with van der Waals surface area (Å²) in [6.07, 6.45) is -0.130. The Balaban J connectivity index is 2.89. The van der Waals surface area contributed by atoms with E-state index < -0.39 is 41.0 Å². The van der Waals surface area contributed by atoms with Crippen molar-refractivity contribution in [1.29, 1.82) is 5.26 Å². The zero-order chi connectivity index (χ0) is 15.3. The summed E-state index contributed by atoms with van der Waals surface area (Å²) in [5.74, 6) is -5.54. The number of hydrogen-bond donors (Lipinski definition) is 2. The molecule has 1 amide bonds. The summed E-state index contributed by atoms with van der Waals surface area (Å²) < 4.78 is 26.4. The standard InChI is InChI=1S/C13H12F2N2O3/c1-7(6-16)5-10(13(19)20)17-12(18)8-3-2-4-9(14)11(8)15/h2-4,7,10H,5H2,1H3,(H,17,18)(H,19,20)/t7-,10+/m1/s1. The number of hydrogen-bond acceptors (Lipinski definition) is 3. The number of aliphatic carboxylic acids is 1. The smallest absolute Gasteiger partial charge is 0.326 e. The van der Waals surface area contributed by atoms with Gasteiger partial charge in [-0.3, -0.25) is 4.79 Å². The van der Waals surface area contributed by atoms with Gasteiger partial charge in [0.1, 0.15) is 6.04 Å². The molecule has 0 bridgehead atoms. The largest absolute Gasteiger partial charge is 0.480 e. The first-order chi connectivity index (χ1) is 9.36. The Kier molecular flexibility index (Phi) is 5.15. The van der Waals surface area contributed by atoms with Crippen molar-refractivity contribution in [3.05, 3.63) is 35.4 Å². The van der Waals surface area contributed by atoms with Crippen molar-refractivity contribution in [2.75, 3.05) is 0 Å². The fraction of sp³-hybridized carbons (Fsp3) is 0.308. The molecule has 1 aromatic rings. The number of halogens is 2. The van der Waals surface area contributed by atoms with Crippen LogP contribution in [0.5, 0.6) is 0 Å². The lowest BCUT2D eigenvalue weighted by molar-refractivity contribution is -0.139. The first-order valence-electron chi connectivity index (χ1n) is 5.74. The summed E-state index contributed by atoms with van der Waals surface area (Å²) in [5, 5.41) is 19.6. The van der Waals surface area contributed by atoms with Gasteiger partial charge in [-0.15, -0.1) is 0 Å². The van der Waals surface area contributed by atoms with E-state index in [-0.39, 0.29) is 6.42 Å². The molecule has 0 spiro atoms. The zero-order valence-electron chi connectivity index (χ0n) is 10.6. The Morgan fingerprint density at radius 2 is 2.10 bits per heavy atom. The van der Waals surface area contributed by atoms with Crippen LogP contribution in [-0.2, 0) is 4.79 Å². The number of carboxylic acids is 1. The predicted octanol–water partition coefficient (Wildman–Crippen LogP) is 1.70. The van der Waals surface area contributed by atoms with Crippen LogP contribution in [0, 0.1) is 28.9 Å². The summed E-state index contributed by atoms with van der Waals surface area (Å²) >= 11 is 0. The Labute approximate surface area is 113 Å². The molecular formula is C13H12F2N2O3. The van der Waals surface area contributed by atoms with Crippen molar-refractivity contribution in [3.63, 3.8) is 0 Å². The maximum atomic E-state index is 13.4. The van der Waals surface area contributed by atoms with Crippen LogP contribution in [0.15, 0.2) is 18.2 Å². The molecule has 0 aliphatic rings. The number of carboxylic acid groups (broad SMARTS) is 1. The van der Waals surface area contributed by atoms with E-state index in [2.05, 4.69) is 5.32 Å². The highest BCUT2D eigenvalue weighted by Crippen LogP contribution is 2.12. The molecule has 2 atom stereocenters. The number of nitrogens with one attached hydrogen (secondary N) is 1. The molecule has 0 aromatic heterocycles. The Hall–Kier alpha value is -2.49. The lowest BCUT2D eigenvalue weighted by Gasteiger charge is -2.15. The Morgan fingerprint density at radius 3 is 2.65 bits per heavy atom. The molecule has 0 saturated heterocycles. The summed E-state index contributed by atoms with van der Waals surface area (Å²) in [4.78, 5) is 22.7. The molecule has 0 heterocycles. The topological polar surface area (TPSA) is 90.2 Å². The lowest BCUT2D eigenvalue weighted by Crippen LogP contribution is -2.42. The SMILES string of the molecule is C[C@@H](C#N)C[C@H](NC(=O)c1cccc(F)c1F)C(=O)O. The van der Waals surface area contributed by atoms with Crippen LogP contribution in [0.2, 0.25) is 0 Å². The van der Waals surface area contributed by atoms with Gasteiger partial charge in [0.15, 0.2) is 11.6 Å². The number of benzene rings is 1. The third kappa shape index (κ3) is 3.75. The van der Waals surface area contributed by atoms with Gasteiger partial charge in [-0.25, -0.2) is 13.6 Å². The zero-order valence-corrected chi connectivity index (χ0v) is 10.6. The summed E-state index contributed by atoms with van der Waals surface area (Å²) in [5.41, 5.74) is -0.583. The minimum atomic E-state index is -1.35. The molecule has 0 radical (unpaired) electrons. The molecule has 106 valence electrons. The second-order valence-corrected chi connectivity index (χ2v) is 4.23.